The van der Waals surface area contributed by atoms with E-state index in [4.69, 9.17) is 0 Å². The number of nitro groups is 1. The number of carbonyl (C=O) groups excluding carboxylic acids is 1. The lowest BCUT2D eigenvalue weighted by atomic mass is 9.87. The normalized spacial score (nSPS) is 16.2. The fourth-order valence-corrected chi connectivity index (χ4v) is 4.20. The minimum absolute atomic E-state index is 0.0360. The molecular formula is C25H25N3O3. The summed E-state index contributed by atoms with van der Waals surface area (Å²) in [6.45, 7) is 1.79. The summed E-state index contributed by atoms with van der Waals surface area (Å²) in [6.07, 6.45) is 3.01. The number of nitrogens with one attached hydrogen (secondary N) is 2. The molecule has 2 N–H and O–H groups in total. The van der Waals surface area contributed by atoms with Crippen LogP contribution in [0.3, 0.4) is 0 Å². The average molecular weight is 415 g/mol. The molecule has 1 amide bonds. The minimum atomic E-state index is -0.640. The van der Waals surface area contributed by atoms with Gasteiger partial charge in [-0.2, -0.15) is 0 Å². The van der Waals surface area contributed by atoms with E-state index in [0.717, 1.165) is 30.4 Å². The first-order valence-corrected chi connectivity index (χ1v) is 10.5. The highest BCUT2D eigenvalue weighted by atomic mass is 16.6. The lowest BCUT2D eigenvalue weighted by molar-refractivity contribution is -0.384. The summed E-state index contributed by atoms with van der Waals surface area (Å²) >= 11 is 0. The SMILES string of the molecule is Cc1ccc(NC(=O)[C@H](N[C@@H]2CCCc3ccccc32)c2ccccc2)c([N+](=O)[O-])c1. The molecule has 31 heavy (non-hydrogen) atoms. The molecule has 0 spiro atoms. The number of nitrogens with zero attached hydrogens (tertiary/aromatic N) is 1. The maximum absolute atomic E-state index is 13.4. The molecule has 158 valence electrons. The molecule has 2 atom stereocenters. The molecule has 6 nitrogen and oxygen atoms in total. The Balaban J connectivity index is 1.64. The average Bonchev–Trinajstić information content (AvgIpc) is 2.79. The number of aryl methyl sites for hydroxylation is 2. The molecule has 1 aliphatic carbocycles. The second kappa shape index (κ2) is 9.10. The molecule has 1 aliphatic rings. The summed E-state index contributed by atoms with van der Waals surface area (Å²) in [4.78, 5) is 24.4. The van der Waals surface area contributed by atoms with E-state index >= 15 is 0 Å². The first-order chi connectivity index (χ1) is 15.0. The third-order valence-corrected chi connectivity index (χ3v) is 5.74. The predicted octanol–water partition coefficient (Wildman–Crippen LogP) is 5.25. The molecule has 0 aliphatic heterocycles. The van der Waals surface area contributed by atoms with Gasteiger partial charge in [0.25, 0.3) is 5.69 Å². The molecular weight excluding hydrogens is 390 g/mol. The monoisotopic (exact) mass is 415 g/mol. The highest BCUT2D eigenvalue weighted by Crippen LogP contribution is 2.33. The van der Waals surface area contributed by atoms with E-state index in [-0.39, 0.29) is 23.3 Å². The maximum atomic E-state index is 13.4. The summed E-state index contributed by atoms with van der Waals surface area (Å²) in [5, 5.41) is 17.8. The summed E-state index contributed by atoms with van der Waals surface area (Å²) in [5.41, 5.74) is 4.19. The molecule has 0 bridgehead atoms. The fourth-order valence-electron chi connectivity index (χ4n) is 4.20. The van der Waals surface area contributed by atoms with Crippen molar-refractivity contribution in [3.8, 4) is 0 Å². The Kier molecular flexibility index (Phi) is 6.09. The van der Waals surface area contributed by atoms with Crippen LogP contribution in [-0.2, 0) is 11.2 Å². The van der Waals surface area contributed by atoms with Gasteiger partial charge < -0.3 is 5.32 Å². The quantitative estimate of drug-likeness (QED) is 0.425. The van der Waals surface area contributed by atoms with E-state index in [1.54, 1.807) is 19.1 Å². The number of amides is 1. The van der Waals surface area contributed by atoms with Crippen molar-refractivity contribution in [3.63, 3.8) is 0 Å². The zero-order valence-corrected chi connectivity index (χ0v) is 17.4. The van der Waals surface area contributed by atoms with E-state index in [2.05, 4.69) is 22.8 Å². The Bertz CT molecular complexity index is 1100. The van der Waals surface area contributed by atoms with Crippen molar-refractivity contribution < 1.29 is 9.72 Å². The van der Waals surface area contributed by atoms with Crippen LogP contribution in [0.25, 0.3) is 0 Å². The summed E-state index contributed by atoms with van der Waals surface area (Å²) in [6, 6.07) is 22.0. The second-order valence-electron chi connectivity index (χ2n) is 7.92. The Morgan fingerprint density at radius 3 is 2.58 bits per heavy atom. The van der Waals surface area contributed by atoms with Crippen molar-refractivity contribution in [2.75, 3.05) is 5.32 Å². The molecule has 0 saturated heterocycles. The number of hydrogen-bond acceptors (Lipinski definition) is 4. The van der Waals surface area contributed by atoms with Crippen molar-refractivity contribution in [3.05, 3.63) is 105 Å². The Morgan fingerprint density at radius 2 is 1.81 bits per heavy atom. The van der Waals surface area contributed by atoms with Crippen molar-refractivity contribution in [1.82, 2.24) is 5.32 Å². The number of anilines is 1. The van der Waals surface area contributed by atoms with Gasteiger partial charge in [-0.1, -0.05) is 60.7 Å². The topological polar surface area (TPSA) is 84.3 Å². The van der Waals surface area contributed by atoms with Gasteiger partial charge in [0.05, 0.1) is 4.92 Å². The van der Waals surface area contributed by atoms with Gasteiger partial charge in [0.15, 0.2) is 0 Å². The van der Waals surface area contributed by atoms with Crippen molar-refractivity contribution in [2.45, 2.75) is 38.3 Å². The Morgan fingerprint density at radius 1 is 1.06 bits per heavy atom. The van der Waals surface area contributed by atoms with Crippen LogP contribution in [0.5, 0.6) is 0 Å². The Hall–Kier alpha value is -3.51. The highest BCUT2D eigenvalue weighted by molar-refractivity contribution is 5.97. The lowest BCUT2D eigenvalue weighted by Gasteiger charge is -2.30. The van der Waals surface area contributed by atoms with E-state index in [0.29, 0.717) is 0 Å². The first kappa shape index (κ1) is 20.8. The largest absolute Gasteiger partial charge is 0.319 e. The van der Waals surface area contributed by atoms with Crippen molar-refractivity contribution in [1.29, 1.82) is 0 Å². The van der Waals surface area contributed by atoms with Gasteiger partial charge in [-0.05, 0) is 54.5 Å². The number of carbonyl (C=O) groups is 1. The number of fused-ring (bicyclic) bond motifs is 1. The van der Waals surface area contributed by atoms with E-state index in [9.17, 15) is 14.9 Å². The molecule has 0 radical (unpaired) electrons. The molecule has 0 unspecified atom stereocenters. The smallest absolute Gasteiger partial charge is 0.293 e. The predicted molar refractivity (Wildman–Crippen MR) is 121 cm³/mol. The van der Waals surface area contributed by atoms with Crippen LogP contribution in [0.15, 0.2) is 72.8 Å². The Labute approximate surface area is 181 Å². The van der Waals surface area contributed by atoms with Crippen LogP contribution in [0, 0.1) is 17.0 Å². The lowest BCUT2D eigenvalue weighted by Crippen LogP contribution is -2.37. The van der Waals surface area contributed by atoms with Gasteiger partial charge in [-0.3, -0.25) is 20.2 Å². The number of nitro benzene ring substituents is 1. The van der Waals surface area contributed by atoms with Crippen LogP contribution in [0.2, 0.25) is 0 Å². The fraction of sp³-hybridized carbons (Fsp3) is 0.240. The molecule has 3 aromatic rings. The van der Waals surface area contributed by atoms with Gasteiger partial charge in [0, 0.05) is 12.1 Å². The third-order valence-electron chi connectivity index (χ3n) is 5.74. The van der Waals surface area contributed by atoms with Gasteiger partial charge in [0.1, 0.15) is 11.7 Å². The summed E-state index contributed by atoms with van der Waals surface area (Å²) in [5.74, 6) is -0.318. The van der Waals surface area contributed by atoms with Crippen LogP contribution < -0.4 is 10.6 Å². The standard InChI is InChI=1S/C25H25N3O3/c1-17-14-15-22(23(16-17)28(30)31)27-25(29)24(19-9-3-2-4-10-19)26-21-13-7-11-18-8-5-6-12-20(18)21/h2-6,8-10,12,14-16,21,24,26H,7,11,13H2,1H3,(H,27,29)/t21-,24-/m1/s1. The zero-order valence-electron chi connectivity index (χ0n) is 17.4. The summed E-state index contributed by atoms with van der Waals surface area (Å²) in [7, 11) is 0. The minimum Gasteiger partial charge on any atom is -0.319 e. The van der Waals surface area contributed by atoms with Gasteiger partial charge in [-0.25, -0.2) is 0 Å². The molecule has 0 heterocycles. The molecule has 0 aromatic heterocycles. The number of benzene rings is 3. The van der Waals surface area contributed by atoms with E-state index in [1.807, 2.05) is 42.5 Å². The summed E-state index contributed by atoms with van der Waals surface area (Å²) < 4.78 is 0. The van der Waals surface area contributed by atoms with Gasteiger partial charge in [0.2, 0.25) is 5.91 Å². The zero-order chi connectivity index (χ0) is 21.8. The first-order valence-electron chi connectivity index (χ1n) is 10.5. The highest BCUT2D eigenvalue weighted by Gasteiger charge is 2.28. The second-order valence-corrected chi connectivity index (χ2v) is 7.92. The van der Waals surface area contributed by atoms with E-state index < -0.39 is 11.0 Å². The van der Waals surface area contributed by atoms with Crippen LogP contribution in [0.4, 0.5) is 11.4 Å². The van der Waals surface area contributed by atoms with Crippen LogP contribution >= 0.6 is 0 Å². The van der Waals surface area contributed by atoms with Gasteiger partial charge >= 0.3 is 0 Å². The molecule has 0 fully saturated rings. The van der Waals surface area contributed by atoms with Crippen LogP contribution in [0.1, 0.15) is 47.2 Å². The number of hydrogen-bond donors (Lipinski definition) is 2. The molecule has 4 rings (SSSR count). The van der Waals surface area contributed by atoms with Crippen molar-refractivity contribution in [2.24, 2.45) is 0 Å². The molecule has 3 aromatic carbocycles. The van der Waals surface area contributed by atoms with E-state index in [1.165, 1.54) is 17.2 Å². The molecule has 6 heteroatoms. The number of rotatable bonds is 6. The third kappa shape index (κ3) is 4.64. The maximum Gasteiger partial charge on any atom is 0.293 e. The van der Waals surface area contributed by atoms with Crippen LogP contribution in [-0.4, -0.2) is 10.8 Å². The van der Waals surface area contributed by atoms with Gasteiger partial charge in [-0.15, -0.1) is 0 Å². The molecule has 0 saturated carbocycles. The van der Waals surface area contributed by atoms with Crippen molar-refractivity contribution >= 4 is 17.3 Å².